The highest BCUT2D eigenvalue weighted by atomic mass is 35.5. The maximum absolute atomic E-state index is 13.9. The lowest BCUT2D eigenvalue weighted by Crippen LogP contribution is -2.31. The van der Waals surface area contributed by atoms with Crippen molar-refractivity contribution in [2.24, 2.45) is 7.05 Å². The second kappa shape index (κ2) is 7.03. The first kappa shape index (κ1) is 17.1. The van der Waals surface area contributed by atoms with E-state index in [0.717, 1.165) is 18.2 Å². The van der Waals surface area contributed by atoms with Crippen LogP contribution in [-0.4, -0.2) is 15.5 Å². The minimum absolute atomic E-state index is 0.367. The van der Waals surface area contributed by atoms with Gasteiger partial charge in [-0.05, 0) is 35.9 Å². The predicted molar refractivity (Wildman–Crippen MR) is 90.3 cm³/mol. The molecule has 1 heterocycles. The van der Waals surface area contributed by atoms with Crippen molar-refractivity contribution in [3.63, 3.8) is 0 Å². The van der Waals surface area contributed by atoms with Crippen LogP contribution in [0.3, 0.4) is 0 Å². The Morgan fingerprint density at radius 1 is 1.20 bits per heavy atom. The SMILES string of the molecule is Cn1ccnc1[C@@H](NC(=O)c1cc(F)ccc1F)c1ccc(Cl)cc1. The van der Waals surface area contributed by atoms with Gasteiger partial charge in [-0.3, -0.25) is 4.79 Å². The number of nitrogens with one attached hydrogen (secondary N) is 1. The van der Waals surface area contributed by atoms with E-state index in [1.807, 2.05) is 0 Å². The first-order valence-corrected chi connectivity index (χ1v) is 7.82. The van der Waals surface area contributed by atoms with E-state index in [-0.39, 0.29) is 5.56 Å². The van der Waals surface area contributed by atoms with E-state index in [0.29, 0.717) is 16.4 Å². The smallest absolute Gasteiger partial charge is 0.255 e. The Bertz CT molecular complexity index is 909. The fraction of sp³-hybridized carbons (Fsp3) is 0.111. The summed E-state index contributed by atoms with van der Waals surface area (Å²) >= 11 is 5.91. The third-order valence-electron chi connectivity index (χ3n) is 3.77. The summed E-state index contributed by atoms with van der Waals surface area (Å²) in [4.78, 5) is 16.7. The molecule has 128 valence electrons. The monoisotopic (exact) mass is 361 g/mol. The molecule has 0 spiro atoms. The number of hydrogen-bond donors (Lipinski definition) is 1. The van der Waals surface area contributed by atoms with Gasteiger partial charge in [0.25, 0.3) is 5.91 Å². The molecule has 0 fully saturated rings. The highest BCUT2D eigenvalue weighted by Gasteiger charge is 2.23. The molecule has 0 saturated carbocycles. The first-order chi connectivity index (χ1) is 12.0. The fourth-order valence-corrected chi connectivity index (χ4v) is 2.61. The normalized spacial score (nSPS) is 12.0. The lowest BCUT2D eigenvalue weighted by molar-refractivity contribution is 0.0936. The third kappa shape index (κ3) is 3.69. The Labute approximate surface area is 148 Å². The van der Waals surface area contributed by atoms with E-state index < -0.39 is 23.6 Å². The molecular weight excluding hydrogens is 348 g/mol. The molecule has 0 bridgehead atoms. The summed E-state index contributed by atoms with van der Waals surface area (Å²) in [7, 11) is 1.78. The summed E-state index contributed by atoms with van der Waals surface area (Å²) < 4.78 is 29.0. The summed E-state index contributed by atoms with van der Waals surface area (Å²) in [6.07, 6.45) is 3.32. The quantitative estimate of drug-likeness (QED) is 0.766. The van der Waals surface area contributed by atoms with Gasteiger partial charge in [-0.25, -0.2) is 13.8 Å². The molecule has 0 aliphatic carbocycles. The average molecular weight is 362 g/mol. The Balaban J connectivity index is 1.98. The van der Waals surface area contributed by atoms with Crippen molar-refractivity contribution < 1.29 is 13.6 Å². The van der Waals surface area contributed by atoms with E-state index in [1.165, 1.54) is 0 Å². The largest absolute Gasteiger partial charge is 0.338 e. The molecule has 25 heavy (non-hydrogen) atoms. The molecule has 2 aromatic carbocycles. The van der Waals surface area contributed by atoms with E-state index >= 15 is 0 Å². The molecule has 0 unspecified atom stereocenters. The van der Waals surface area contributed by atoms with Crippen LogP contribution < -0.4 is 5.32 Å². The molecule has 3 aromatic rings. The number of carbonyl (C=O) groups is 1. The third-order valence-corrected chi connectivity index (χ3v) is 4.02. The summed E-state index contributed by atoms with van der Waals surface area (Å²) in [6, 6.07) is 8.94. The van der Waals surface area contributed by atoms with Crippen LogP contribution in [0.15, 0.2) is 54.9 Å². The highest BCUT2D eigenvalue weighted by molar-refractivity contribution is 6.30. The van der Waals surface area contributed by atoms with Crippen molar-refractivity contribution in [2.75, 3.05) is 0 Å². The van der Waals surface area contributed by atoms with Gasteiger partial charge < -0.3 is 9.88 Å². The molecule has 0 radical (unpaired) electrons. The number of imidazole rings is 1. The topological polar surface area (TPSA) is 46.9 Å². The zero-order valence-corrected chi connectivity index (χ0v) is 14.0. The number of amides is 1. The number of nitrogens with zero attached hydrogens (tertiary/aromatic N) is 2. The lowest BCUT2D eigenvalue weighted by atomic mass is 10.1. The maximum Gasteiger partial charge on any atom is 0.255 e. The summed E-state index contributed by atoms with van der Waals surface area (Å²) in [6.45, 7) is 0. The van der Waals surface area contributed by atoms with Crippen LogP contribution in [0.25, 0.3) is 0 Å². The van der Waals surface area contributed by atoms with Crippen LogP contribution in [-0.2, 0) is 7.05 Å². The van der Waals surface area contributed by atoms with Gasteiger partial charge in [0.05, 0.1) is 5.56 Å². The summed E-state index contributed by atoms with van der Waals surface area (Å²) in [5.74, 6) is -1.67. The zero-order valence-electron chi connectivity index (χ0n) is 13.2. The lowest BCUT2D eigenvalue weighted by Gasteiger charge is -2.19. The number of carbonyl (C=O) groups excluding carboxylic acids is 1. The molecule has 4 nitrogen and oxygen atoms in total. The van der Waals surface area contributed by atoms with Crippen LogP contribution >= 0.6 is 11.6 Å². The molecule has 1 N–H and O–H groups in total. The minimum Gasteiger partial charge on any atom is -0.338 e. The van der Waals surface area contributed by atoms with E-state index in [4.69, 9.17) is 11.6 Å². The second-order valence-corrected chi connectivity index (χ2v) is 5.91. The number of aryl methyl sites for hydroxylation is 1. The van der Waals surface area contributed by atoms with Gasteiger partial charge in [-0.2, -0.15) is 0 Å². The van der Waals surface area contributed by atoms with Crippen LogP contribution in [0.1, 0.15) is 27.8 Å². The summed E-state index contributed by atoms with van der Waals surface area (Å²) in [5, 5.41) is 3.25. The molecule has 0 aliphatic rings. The summed E-state index contributed by atoms with van der Waals surface area (Å²) in [5.41, 5.74) is 0.344. The van der Waals surface area contributed by atoms with Gasteiger partial charge in [0.2, 0.25) is 0 Å². The van der Waals surface area contributed by atoms with Crippen molar-refractivity contribution >= 4 is 17.5 Å². The van der Waals surface area contributed by atoms with Gasteiger partial charge in [0.1, 0.15) is 23.5 Å². The number of halogens is 3. The van der Waals surface area contributed by atoms with Crippen LogP contribution in [0.2, 0.25) is 5.02 Å². The second-order valence-electron chi connectivity index (χ2n) is 5.48. The van der Waals surface area contributed by atoms with Crippen molar-refractivity contribution in [1.82, 2.24) is 14.9 Å². The van der Waals surface area contributed by atoms with Gasteiger partial charge in [-0.15, -0.1) is 0 Å². The van der Waals surface area contributed by atoms with Gasteiger partial charge in [0, 0.05) is 24.5 Å². The number of rotatable bonds is 4. The van der Waals surface area contributed by atoms with Gasteiger partial charge in [0.15, 0.2) is 0 Å². The van der Waals surface area contributed by atoms with Gasteiger partial charge in [-0.1, -0.05) is 23.7 Å². The Kier molecular flexibility index (Phi) is 4.81. The molecule has 0 saturated heterocycles. The fourth-order valence-electron chi connectivity index (χ4n) is 2.49. The zero-order chi connectivity index (χ0) is 18.0. The maximum atomic E-state index is 13.9. The van der Waals surface area contributed by atoms with Crippen molar-refractivity contribution in [1.29, 1.82) is 0 Å². The van der Waals surface area contributed by atoms with Crippen LogP contribution in [0.5, 0.6) is 0 Å². The molecule has 3 rings (SSSR count). The highest BCUT2D eigenvalue weighted by Crippen LogP contribution is 2.23. The van der Waals surface area contributed by atoms with Gasteiger partial charge >= 0.3 is 0 Å². The Morgan fingerprint density at radius 3 is 2.56 bits per heavy atom. The minimum atomic E-state index is -0.798. The molecule has 1 amide bonds. The standard InChI is InChI=1S/C18H14ClF2N3O/c1-24-9-8-22-17(24)16(11-2-4-12(19)5-3-11)23-18(25)14-10-13(20)6-7-15(14)21/h2-10,16H,1H3,(H,23,25)/t16-/m0/s1. The first-order valence-electron chi connectivity index (χ1n) is 7.44. The number of hydrogen-bond acceptors (Lipinski definition) is 2. The van der Waals surface area contributed by atoms with E-state index in [1.54, 1.807) is 48.3 Å². The van der Waals surface area contributed by atoms with Crippen LogP contribution in [0.4, 0.5) is 8.78 Å². The Morgan fingerprint density at radius 2 is 1.92 bits per heavy atom. The number of benzene rings is 2. The molecule has 0 aliphatic heterocycles. The van der Waals surface area contributed by atoms with E-state index in [2.05, 4.69) is 10.3 Å². The Hall–Kier alpha value is -2.73. The molecule has 1 aromatic heterocycles. The molecular formula is C18H14ClF2N3O. The average Bonchev–Trinajstić information content (AvgIpc) is 3.01. The van der Waals surface area contributed by atoms with Crippen molar-refractivity contribution in [2.45, 2.75) is 6.04 Å². The molecule has 7 heteroatoms. The van der Waals surface area contributed by atoms with E-state index in [9.17, 15) is 13.6 Å². The number of aromatic nitrogens is 2. The van der Waals surface area contributed by atoms with Crippen molar-refractivity contribution in [3.8, 4) is 0 Å². The van der Waals surface area contributed by atoms with Crippen molar-refractivity contribution in [3.05, 3.63) is 88.5 Å². The predicted octanol–water partition coefficient (Wildman–Crippen LogP) is 3.87. The molecule has 1 atom stereocenters. The van der Waals surface area contributed by atoms with Crippen LogP contribution in [0, 0.1) is 11.6 Å².